The molecule has 0 aliphatic carbocycles. The first-order valence-electron chi connectivity index (χ1n) is 9.49. The Hall–Kier alpha value is -2.87. The van der Waals surface area contributed by atoms with Crippen molar-refractivity contribution in [2.75, 3.05) is 32.6 Å². The fourth-order valence-corrected chi connectivity index (χ4v) is 3.95. The van der Waals surface area contributed by atoms with Gasteiger partial charge >= 0.3 is 0 Å². The van der Waals surface area contributed by atoms with Gasteiger partial charge in [-0.2, -0.15) is 0 Å². The SMILES string of the molecule is CCN(Cc1ccc2c(c1)OCCO2)C(=O)CSc1nc2ccc(OC)cc2[nH]1. The largest absolute Gasteiger partial charge is 0.497 e. The van der Waals surface area contributed by atoms with Crippen molar-refractivity contribution >= 4 is 28.7 Å². The molecule has 1 aliphatic rings. The highest BCUT2D eigenvalue weighted by atomic mass is 32.2. The molecule has 0 saturated heterocycles. The lowest BCUT2D eigenvalue weighted by molar-refractivity contribution is -0.128. The van der Waals surface area contributed by atoms with Crippen LogP contribution in [0.1, 0.15) is 12.5 Å². The van der Waals surface area contributed by atoms with Crippen molar-refractivity contribution in [1.29, 1.82) is 0 Å². The molecule has 0 saturated carbocycles. The van der Waals surface area contributed by atoms with Gasteiger partial charge in [0.1, 0.15) is 19.0 Å². The number of hydrogen-bond donors (Lipinski definition) is 1. The van der Waals surface area contributed by atoms with Crippen molar-refractivity contribution in [2.45, 2.75) is 18.6 Å². The molecule has 152 valence electrons. The van der Waals surface area contributed by atoms with Gasteiger partial charge in [-0.25, -0.2) is 4.98 Å². The van der Waals surface area contributed by atoms with E-state index in [2.05, 4.69) is 9.97 Å². The maximum Gasteiger partial charge on any atom is 0.233 e. The first-order chi connectivity index (χ1) is 14.2. The Morgan fingerprint density at radius 3 is 2.83 bits per heavy atom. The third-order valence-electron chi connectivity index (χ3n) is 4.71. The van der Waals surface area contributed by atoms with Crippen molar-refractivity contribution in [3.05, 3.63) is 42.0 Å². The number of thioether (sulfide) groups is 1. The van der Waals surface area contributed by atoms with E-state index in [1.165, 1.54) is 11.8 Å². The highest BCUT2D eigenvalue weighted by Crippen LogP contribution is 2.31. The van der Waals surface area contributed by atoms with Crippen LogP contribution in [0.2, 0.25) is 0 Å². The predicted molar refractivity (Wildman–Crippen MR) is 112 cm³/mol. The molecule has 4 rings (SSSR count). The summed E-state index contributed by atoms with van der Waals surface area (Å²) in [5, 5.41) is 0.719. The normalized spacial score (nSPS) is 12.8. The number of nitrogens with zero attached hydrogens (tertiary/aromatic N) is 2. The molecule has 7 nitrogen and oxygen atoms in total. The van der Waals surface area contributed by atoms with Crippen LogP contribution in [0.15, 0.2) is 41.6 Å². The fraction of sp³-hybridized carbons (Fsp3) is 0.333. The van der Waals surface area contributed by atoms with E-state index in [0.717, 1.165) is 39.0 Å². The number of nitrogens with one attached hydrogen (secondary N) is 1. The number of imidazole rings is 1. The summed E-state index contributed by atoms with van der Waals surface area (Å²) in [7, 11) is 1.63. The monoisotopic (exact) mass is 413 g/mol. The van der Waals surface area contributed by atoms with Crippen LogP contribution in [0.3, 0.4) is 0 Å². The van der Waals surface area contributed by atoms with E-state index < -0.39 is 0 Å². The van der Waals surface area contributed by atoms with Gasteiger partial charge in [0, 0.05) is 19.2 Å². The van der Waals surface area contributed by atoms with Gasteiger partial charge in [0.2, 0.25) is 5.91 Å². The molecule has 29 heavy (non-hydrogen) atoms. The number of benzene rings is 2. The zero-order chi connectivity index (χ0) is 20.2. The molecule has 1 N–H and O–H groups in total. The van der Waals surface area contributed by atoms with E-state index in [1.807, 2.05) is 48.2 Å². The number of amides is 1. The van der Waals surface area contributed by atoms with Crippen LogP contribution in [-0.4, -0.2) is 53.4 Å². The number of methoxy groups -OCH3 is 1. The van der Waals surface area contributed by atoms with Gasteiger partial charge < -0.3 is 24.1 Å². The van der Waals surface area contributed by atoms with Crippen LogP contribution in [0, 0.1) is 0 Å². The van der Waals surface area contributed by atoms with Crippen LogP contribution >= 0.6 is 11.8 Å². The topological polar surface area (TPSA) is 76.7 Å². The van der Waals surface area contributed by atoms with Crippen LogP contribution in [0.25, 0.3) is 11.0 Å². The van der Waals surface area contributed by atoms with Crippen LogP contribution in [0.4, 0.5) is 0 Å². The van der Waals surface area contributed by atoms with Crippen LogP contribution in [0.5, 0.6) is 17.2 Å². The average molecular weight is 413 g/mol. The summed E-state index contributed by atoms with van der Waals surface area (Å²) in [6.07, 6.45) is 0. The second-order valence-electron chi connectivity index (χ2n) is 6.60. The zero-order valence-corrected chi connectivity index (χ0v) is 17.3. The van der Waals surface area contributed by atoms with E-state index in [1.54, 1.807) is 7.11 Å². The Kier molecular flexibility index (Phi) is 5.80. The summed E-state index contributed by atoms with van der Waals surface area (Å²) in [6.45, 7) is 4.26. The maximum absolute atomic E-state index is 12.7. The molecule has 1 aliphatic heterocycles. The Bertz CT molecular complexity index is 1020. The highest BCUT2D eigenvalue weighted by molar-refractivity contribution is 7.99. The summed E-state index contributed by atoms with van der Waals surface area (Å²) in [5.41, 5.74) is 2.76. The summed E-state index contributed by atoms with van der Waals surface area (Å²) in [4.78, 5) is 22.3. The number of aromatic amines is 1. The lowest BCUT2D eigenvalue weighted by atomic mass is 10.2. The molecule has 0 radical (unpaired) electrons. The smallest absolute Gasteiger partial charge is 0.233 e. The Labute approximate surface area is 173 Å². The van der Waals surface area contributed by atoms with E-state index in [0.29, 0.717) is 32.1 Å². The number of rotatable bonds is 7. The molecule has 0 unspecified atom stereocenters. The van der Waals surface area contributed by atoms with Gasteiger partial charge in [0.05, 0.1) is 23.9 Å². The number of ether oxygens (including phenoxy) is 3. The number of carbonyl (C=O) groups excluding carboxylic acids is 1. The van der Waals surface area contributed by atoms with Gasteiger partial charge in [-0.15, -0.1) is 0 Å². The molecule has 0 fully saturated rings. The van der Waals surface area contributed by atoms with Crippen molar-refractivity contribution in [1.82, 2.24) is 14.9 Å². The van der Waals surface area contributed by atoms with E-state index in [-0.39, 0.29) is 5.91 Å². The lowest BCUT2D eigenvalue weighted by Gasteiger charge is -2.23. The van der Waals surface area contributed by atoms with E-state index in [9.17, 15) is 4.79 Å². The third-order valence-corrected chi connectivity index (χ3v) is 5.57. The maximum atomic E-state index is 12.7. The van der Waals surface area contributed by atoms with Crippen molar-refractivity contribution in [2.24, 2.45) is 0 Å². The van der Waals surface area contributed by atoms with Gasteiger partial charge in [-0.1, -0.05) is 17.8 Å². The molecule has 2 aromatic carbocycles. The number of carbonyl (C=O) groups is 1. The summed E-state index contributed by atoms with van der Waals surface area (Å²) in [5.74, 6) is 2.64. The molecule has 8 heteroatoms. The second-order valence-corrected chi connectivity index (χ2v) is 7.56. The molecule has 0 bridgehead atoms. The number of fused-ring (bicyclic) bond motifs is 2. The van der Waals surface area contributed by atoms with Crippen molar-refractivity contribution in [3.8, 4) is 17.2 Å². The first-order valence-corrected chi connectivity index (χ1v) is 10.5. The Balaban J connectivity index is 1.39. The van der Waals surface area contributed by atoms with Gasteiger partial charge in [0.15, 0.2) is 16.7 Å². The minimum atomic E-state index is 0.0606. The van der Waals surface area contributed by atoms with Crippen LogP contribution in [-0.2, 0) is 11.3 Å². The third kappa shape index (κ3) is 4.42. The minimum absolute atomic E-state index is 0.0606. The van der Waals surface area contributed by atoms with Crippen molar-refractivity contribution < 1.29 is 19.0 Å². The molecule has 1 aromatic heterocycles. The molecule has 2 heterocycles. The van der Waals surface area contributed by atoms with Gasteiger partial charge in [-0.3, -0.25) is 4.79 Å². The number of H-pyrrole nitrogens is 1. The Morgan fingerprint density at radius 1 is 1.21 bits per heavy atom. The fourth-order valence-electron chi connectivity index (χ4n) is 3.16. The second kappa shape index (κ2) is 8.65. The van der Waals surface area contributed by atoms with E-state index >= 15 is 0 Å². The van der Waals surface area contributed by atoms with E-state index in [4.69, 9.17) is 14.2 Å². The quantitative estimate of drug-likeness (QED) is 0.598. The lowest BCUT2D eigenvalue weighted by Crippen LogP contribution is -2.31. The van der Waals surface area contributed by atoms with Gasteiger partial charge in [0.25, 0.3) is 0 Å². The zero-order valence-electron chi connectivity index (χ0n) is 16.4. The summed E-state index contributed by atoms with van der Waals surface area (Å²) >= 11 is 1.40. The molecular formula is C21H23N3O4S. The summed E-state index contributed by atoms with van der Waals surface area (Å²) in [6, 6.07) is 11.5. The first kappa shape index (κ1) is 19.4. The molecule has 0 atom stereocenters. The number of hydrogen-bond acceptors (Lipinski definition) is 6. The molecular weight excluding hydrogens is 390 g/mol. The Morgan fingerprint density at radius 2 is 2.03 bits per heavy atom. The van der Waals surface area contributed by atoms with Gasteiger partial charge in [-0.05, 0) is 36.8 Å². The average Bonchev–Trinajstić information content (AvgIpc) is 3.17. The number of aromatic nitrogens is 2. The molecule has 3 aromatic rings. The standard InChI is InChI=1S/C21H23N3O4S/c1-3-24(12-14-4-7-18-19(10-14)28-9-8-27-18)20(25)13-29-21-22-16-6-5-15(26-2)11-17(16)23-21/h4-7,10-11H,3,8-9,12-13H2,1-2H3,(H,22,23). The molecule has 0 spiro atoms. The summed E-state index contributed by atoms with van der Waals surface area (Å²) < 4.78 is 16.4. The molecule has 1 amide bonds. The minimum Gasteiger partial charge on any atom is -0.497 e. The van der Waals surface area contributed by atoms with Crippen molar-refractivity contribution in [3.63, 3.8) is 0 Å². The van der Waals surface area contributed by atoms with Crippen LogP contribution < -0.4 is 14.2 Å². The highest BCUT2D eigenvalue weighted by Gasteiger charge is 2.17. The predicted octanol–water partition coefficient (Wildman–Crippen LogP) is 3.48.